The molecule has 164 valence electrons. The highest BCUT2D eigenvalue weighted by Gasteiger charge is 2.26. The predicted molar refractivity (Wildman–Crippen MR) is 130 cm³/mol. The van der Waals surface area contributed by atoms with E-state index < -0.39 is 0 Å². The fraction of sp³-hybridized carbons (Fsp3) is 0.269. The molecule has 0 unspecified atom stereocenters. The first-order valence-electron chi connectivity index (χ1n) is 11.1. The molecule has 0 bridgehead atoms. The predicted octanol–water partition coefficient (Wildman–Crippen LogP) is 4.39. The lowest BCUT2D eigenvalue weighted by atomic mass is 9.96. The molecule has 32 heavy (non-hydrogen) atoms. The van der Waals surface area contributed by atoms with Crippen molar-refractivity contribution in [1.82, 2.24) is 19.4 Å². The molecule has 1 saturated heterocycles. The smallest absolute Gasteiger partial charge is 0.306 e. The van der Waals surface area contributed by atoms with Gasteiger partial charge in [0, 0.05) is 44.3 Å². The Kier molecular flexibility index (Phi) is 6.12. The third-order valence-corrected chi connectivity index (χ3v) is 6.61. The van der Waals surface area contributed by atoms with E-state index in [2.05, 4.69) is 75.4 Å². The number of fused-ring (bicyclic) bond motifs is 1. The molecule has 0 atom stereocenters. The van der Waals surface area contributed by atoms with Crippen LogP contribution in [0.4, 0.5) is 0 Å². The molecule has 4 aromatic rings. The van der Waals surface area contributed by atoms with Crippen molar-refractivity contribution in [2.75, 3.05) is 32.7 Å². The van der Waals surface area contributed by atoms with Crippen molar-refractivity contribution in [2.45, 2.75) is 12.6 Å². The number of benzene rings is 3. The maximum atomic E-state index is 12.4. The van der Waals surface area contributed by atoms with Crippen LogP contribution in [0.1, 0.15) is 17.2 Å². The van der Waals surface area contributed by atoms with Crippen molar-refractivity contribution >= 4 is 22.6 Å². The van der Waals surface area contributed by atoms with Gasteiger partial charge >= 0.3 is 5.69 Å². The second kappa shape index (κ2) is 9.33. The molecule has 1 aromatic heterocycles. The first-order valence-corrected chi connectivity index (χ1v) is 11.5. The van der Waals surface area contributed by atoms with Gasteiger partial charge in [-0.2, -0.15) is 0 Å². The standard InChI is InChI=1S/C26H27ClN4O/c27-22-11-12-23-24(19-22)31(26(32)28-23)18-15-29-13-16-30(17-14-29)25(20-7-3-1-4-8-20)21-9-5-2-6-10-21/h1-12,19,25H,13-18H2,(H,28,32). The van der Waals surface area contributed by atoms with Crippen LogP contribution in [0.25, 0.3) is 11.0 Å². The molecule has 5 nitrogen and oxygen atoms in total. The fourth-order valence-corrected chi connectivity index (χ4v) is 4.89. The summed E-state index contributed by atoms with van der Waals surface area (Å²) in [7, 11) is 0. The van der Waals surface area contributed by atoms with Crippen LogP contribution in [0, 0.1) is 0 Å². The third kappa shape index (κ3) is 4.37. The summed E-state index contributed by atoms with van der Waals surface area (Å²) in [4.78, 5) is 20.3. The summed E-state index contributed by atoms with van der Waals surface area (Å²) in [6, 6.07) is 27.3. The van der Waals surface area contributed by atoms with Gasteiger partial charge in [0.2, 0.25) is 0 Å². The van der Waals surface area contributed by atoms with Crippen LogP contribution >= 0.6 is 11.6 Å². The highest BCUT2D eigenvalue weighted by atomic mass is 35.5. The first-order chi connectivity index (χ1) is 15.7. The normalized spacial score (nSPS) is 15.6. The number of nitrogens with one attached hydrogen (secondary N) is 1. The summed E-state index contributed by atoms with van der Waals surface area (Å²) < 4.78 is 1.80. The van der Waals surface area contributed by atoms with Crippen molar-refractivity contribution < 1.29 is 0 Å². The SMILES string of the molecule is O=c1[nH]c2ccc(Cl)cc2n1CCN1CCN(C(c2ccccc2)c2ccccc2)CC1. The highest BCUT2D eigenvalue weighted by Crippen LogP contribution is 2.29. The molecule has 0 aliphatic carbocycles. The number of aromatic amines is 1. The maximum absolute atomic E-state index is 12.4. The zero-order valence-corrected chi connectivity index (χ0v) is 18.7. The van der Waals surface area contributed by atoms with Gasteiger partial charge in [-0.15, -0.1) is 0 Å². The largest absolute Gasteiger partial charge is 0.326 e. The Morgan fingerprint density at radius 2 is 1.44 bits per heavy atom. The molecule has 0 saturated carbocycles. The Bertz CT molecular complexity index is 1190. The summed E-state index contributed by atoms with van der Waals surface area (Å²) in [6.07, 6.45) is 0. The number of aromatic nitrogens is 2. The molecule has 2 heterocycles. The summed E-state index contributed by atoms with van der Waals surface area (Å²) in [5, 5.41) is 0.645. The fourth-order valence-electron chi connectivity index (χ4n) is 4.72. The minimum Gasteiger partial charge on any atom is -0.306 e. The molecule has 6 heteroatoms. The number of halogens is 1. The van der Waals surface area contributed by atoms with E-state index in [1.165, 1.54) is 11.1 Å². The van der Waals surface area contributed by atoms with Gasteiger partial charge in [0.15, 0.2) is 0 Å². The van der Waals surface area contributed by atoms with E-state index in [4.69, 9.17) is 11.6 Å². The van der Waals surface area contributed by atoms with Crippen LogP contribution < -0.4 is 5.69 Å². The summed E-state index contributed by atoms with van der Waals surface area (Å²) in [5.41, 5.74) is 4.28. The summed E-state index contributed by atoms with van der Waals surface area (Å²) in [6.45, 7) is 5.43. The minimum atomic E-state index is -0.0749. The van der Waals surface area contributed by atoms with E-state index >= 15 is 0 Å². The van der Waals surface area contributed by atoms with E-state index in [1.807, 2.05) is 12.1 Å². The highest BCUT2D eigenvalue weighted by molar-refractivity contribution is 6.31. The van der Waals surface area contributed by atoms with Gasteiger partial charge in [-0.25, -0.2) is 4.79 Å². The second-order valence-electron chi connectivity index (χ2n) is 8.34. The number of rotatable bonds is 6. The molecule has 5 rings (SSSR count). The van der Waals surface area contributed by atoms with E-state index in [1.54, 1.807) is 10.6 Å². The lowest BCUT2D eigenvalue weighted by Gasteiger charge is -2.39. The lowest BCUT2D eigenvalue weighted by Crippen LogP contribution is -2.48. The number of hydrogen-bond donors (Lipinski definition) is 1. The molecule has 0 radical (unpaired) electrons. The maximum Gasteiger partial charge on any atom is 0.326 e. The summed E-state index contributed by atoms with van der Waals surface area (Å²) >= 11 is 6.15. The molecule has 1 N–H and O–H groups in total. The Hall–Kier alpha value is -2.86. The van der Waals surface area contributed by atoms with Gasteiger partial charge in [-0.1, -0.05) is 72.3 Å². The van der Waals surface area contributed by atoms with Gasteiger partial charge in [0.05, 0.1) is 17.1 Å². The van der Waals surface area contributed by atoms with Crippen molar-refractivity contribution in [2.24, 2.45) is 0 Å². The number of hydrogen-bond acceptors (Lipinski definition) is 3. The van der Waals surface area contributed by atoms with Gasteiger partial charge in [-0.3, -0.25) is 14.4 Å². The molecule has 1 fully saturated rings. The van der Waals surface area contributed by atoms with Gasteiger partial charge in [0.25, 0.3) is 0 Å². The van der Waals surface area contributed by atoms with Crippen LogP contribution in [-0.2, 0) is 6.54 Å². The lowest BCUT2D eigenvalue weighted by molar-refractivity contribution is 0.107. The van der Waals surface area contributed by atoms with E-state index in [-0.39, 0.29) is 11.7 Å². The Labute approximate surface area is 192 Å². The third-order valence-electron chi connectivity index (χ3n) is 6.38. The zero-order chi connectivity index (χ0) is 21.9. The van der Waals surface area contributed by atoms with Crippen LogP contribution in [0.2, 0.25) is 5.02 Å². The summed E-state index contributed by atoms with van der Waals surface area (Å²) in [5.74, 6) is 0. The first kappa shape index (κ1) is 21.0. The number of imidazole rings is 1. The average Bonchev–Trinajstić information content (AvgIpc) is 3.14. The van der Waals surface area contributed by atoms with Crippen LogP contribution in [-0.4, -0.2) is 52.1 Å². The van der Waals surface area contributed by atoms with Gasteiger partial charge in [-0.05, 0) is 29.3 Å². The molecule has 0 spiro atoms. The van der Waals surface area contributed by atoms with Crippen LogP contribution in [0.5, 0.6) is 0 Å². The van der Waals surface area contributed by atoms with Crippen molar-refractivity contribution in [3.05, 3.63) is 105 Å². The average molecular weight is 447 g/mol. The molecule has 3 aromatic carbocycles. The zero-order valence-electron chi connectivity index (χ0n) is 18.0. The van der Waals surface area contributed by atoms with Crippen molar-refractivity contribution in [3.8, 4) is 0 Å². The topological polar surface area (TPSA) is 44.3 Å². The monoisotopic (exact) mass is 446 g/mol. The van der Waals surface area contributed by atoms with Gasteiger partial charge in [0.1, 0.15) is 0 Å². The molecule has 0 amide bonds. The van der Waals surface area contributed by atoms with Crippen molar-refractivity contribution in [3.63, 3.8) is 0 Å². The Morgan fingerprint density at radius 1 is 0.812 bits per heavy atom. The number of nitrogens with zero attached hydrogens (tertiary/aromatic N) is 3. The van der Waals surface area contributed by atoms with E-state index in [0.717, 1.165) is 43.8 Å². The van der Waals surface area contributed by atoms with Crippen LogP contribution in [0.3, 0.4) is 0 Å². The Balaban J connectivity index is 1.27. The second-order valence-corrected chi connectivity index (χ2v) is 8.78. The van der Waals surface area contributed by atoms with E-state index in [9.17, 15) is 4.79 Å². The van der Waals surface area contributed by atoms with Crippen molar-refractivity contribution in [1.29, 1.82) is 0 Å². The van der Waals surface area contributed by atoms with Crippen LogP contribution in [0.15, 0.2) is 83.7 Å². The molecule has 1 aliphatic heterocycles. The molecular formula is C26H27ClN4O. The molecular weight excluding hydrogens is 420 g/mol. The quantitative estimate of drug-likeness (QED) is 0.477. The molecule has 1 aliphatic rings. The number of piperazine rings is 1. The number of H-pyrrole nitrogens is 1. The van der Waals surface area contributed by atoms with Gasteiger partial charge < -0.3 is 4.98 Å². The Morgan fingerprint density at radius 3 is 2.06 bits per heavy atom. The minimum absolute atomic E-state index is 0.0749. The van der Waals surface area contributed by atoms with E-state index in [0.29, 0.717) is 11.6 Å².